The molecule has 3 aromatic rings. The van der Waals surface area contributed by atoms with Gasteiger partial charge in [-0.25, -0.2) is 4.79 Å². The predicted molar refractivity (Wildman–Crippen MR) is 178 cm³/mol. The molecule has 0 saturated heterocycles. The van der Waals surface area contributed by atoms with Crippen LogP contribution in [0.2, 0.25) is 0 Å². The first-order valence-electron chi connectivity index (χ1n) is 14.4. The van der Waals surface area contributed by atoms with Crippen LogP contribution in [0, 0.1) is 0 Å². The van der Waals surface area contributed by atoms with E-state index < -0.39 is 18.2 Å². The van der Waals surface area contributed by atoms with Crippen molar-refractivity contribution >= 4 is 36.3 Å². The van der Waals surface area contributed by atoms with Crippen LogP contribution in [0.25, 0.3) is 0 Å². The van der Waals surface area contributed by atoms with Gasteiger partial charge in [0, 0.05) is 11.8 Å². The molecule has 1 amide bonds. The number of carbonyl (C=O) groups is 2. The summed E-state index contributed by atoms with van der Waals surface area (Å²) in [5, 5.41) is 10.1. The Morgan fingerprint density at radius 3 is 1.57 bits per heavy atom. The first kappa shape index (κ1) is 39.0. The average molecular weight is 652 g/mol. The maximum atomic E-state index is 12.0. The number of alkyl halides is 3. The molecule has 3 rings (SSSR count). The lowest BCUT2D eigenvalue weighted by Crippen LogP contribution is -2.46. The fourth-order valence-electron chi connectivity index (χ4n) is 3.75. The van der Waals surface area contributed by atoms with E-state index in [4.69, 9.17) is 21.4 Å². The third-order valence-corrected chi connectivity index (χ3v) is 7.67. The van der Waals surface area contributed by atoms with Crippen molar-refractivity contribution < 1.29 is 27.9 Å². The zero-order valence-electron chi connectivity index (χ0n) is 24.8. The number of thiol groups is 1. The number of carboxylic acids is 1. The highest BCUT2D eigenvalue weighted by Gasteiger charge is 2.38. The van der Waals surface area contributed by atoms with E-state index in [1.807, 2.05) is 42.1 Å². The Labute approximate surface area is 268 Å². The Bertz CT molecular complexity index is 1120. The average Bonchev–Trinajstić information content (AvgIpc) is 3.03. The molecule has 0 fully saturated rings. The zero-order valence-corrected chi connectivity index (χ0v) is 26.5. The van der Waals surface area contributed by atoms with Crippen LogP contribution in [0.3, 0.4) is 0 Å². The lowest BCUT2D eigenvalue weighted by atomic mass is 10.0. The number of carbonyl (C=O) groups excluding carboxylic acids is 1. The third kappa shape index (κ3) is 19.3. The van der Waals surface area contributed by atoms with Crippen LogP contribution in [-0.2, 0) is 28.9 Å². The molecule has 0 saturated carbocycles. The summed E-state index contributed by atoms with van der Waals surface area (Å²) in [7, 11) is 0. The van der Waals surface area contributed by atoms with Crippen molar-refractivity contribution in [2.24, 2.45) is 11.5 Å². The predicted octanol–water partition coefficient (Wildman–Crippen LogP) is 5.94. The van der Waals surface area contributed by atoms with Crippen LogP contribution in [-0.4, -0.2) is 59.0 Å². The van der Waals surface area contributed by atoms with Crippen molar-refractivity contribution in [2.45, 2.75) is 56.8 Å². The molecule has 2 atom stereocenters. The molecule has 6 nitrogen and oxygen atoms in total. The van der Waals surface area contributed by atoms with Gasteiger partial charge in [0.25, 0.3) is 0 Å². The Balaban J connectivity index is 0.000000366. The van der Waals surface area contributed by atoms with Gasteiger partial charge in [-0.2, -0.15) is 37.6 Å². The monoisotopic (exact) mass is 651 g/mol. The number of nitrogens with two attached hydrogens (primary N) is 2. The maximum absolute atomic E-state index is 12.0. The van der Waals surface area contributed by atoms with Gasteiger partial charge in [-0.3, -0.25) is 4.79 Å². The molecule has 0 bridgehead atoms. The highest BCUT2D eigenvalue weighted by atomic mass is 32.2. The molecular weight excluding hydrogens is 608 g/mol. The van der Waals surface area contributed by atoms with Gasteiger partial charge >= 0.3 is 12.1 Å². The highest BCUT2D eigenvalue weighted by molar-refractivity contribution is 7.99. The van der Waals surface area contributed by atoms with Crippen LogP contribution < -0.4 is 16.8 Å². The van der Waals surface area contributed by atoms with E-state index in [9.17, 15) is 18.0 Å². The molecule has 0 heterocycles. The van der Waals surface area contributed by atoms with Gasteiger partial charge in [-0.1, -0.05) is 91.0 Å². The van der Waals surface area contributed by atoms with E-state index in [2.05, 4.69) is 78.6 Å². The number of amides is 1. The number of rotatable bonds is 15. The molecule has 11 heteroatoms. The Kier molecular flexibility index (Phi) is 20.8. The lowest BCUT2D eigenvalue weighted by Gasteiger charge is -2.19. The SMILES string of the molecule is NCCC[C@@H](CS)NC(=O)[C@@H](N)CCc1ccccc1.O=C(O)C(F)(F)F.c1ccc(CCSCCc2ccccc2)cc1. The normalized spacial score (nSPS) is 12.0. The lowest BCUT2D eigenvalue weighted by molar-refractivity contribution is -0.192. The molecule has 0 aliphatic rings. The van der Waals surface area contributed by atoms with Crippen LogP contribution in [0.5, 0.6) is 0 Å². The molecule has 0 aromatic heterocycles. The Morgan fingerprint density at radius 1 is 0.795 bits per heavy atom. The van der Waals surface area contributed by atoms with Gasteiger partial charge in [0.1, 0.15) is 0 Å². The van der Waals surface area contributed by atoms with Crippen LogP contribution in [0.1, 0.15) is 36.0 Å². The molecule has 0 radical (unpaired) electrons. The standard InChI is InChI=1S/C16H18S.C15H25N3OS.C2HF3O2/c1-3-7-15(8-4-1)11-13-17-14-12-16-9-5-2-6-10-16;16-10-4-7-13(11-20)18-15(19)14(17)9-8-12-5-2-1-3-6-12;3-2(4,5)1(6)7/h1-10H,11-14H2;1-3,5-6,13-14,20H,4,7-11,16-17H2,(H,18,19);(H,6,7)/t;13-,14-;/m.0./s1. The fraction of sp³-hybridized carbons (Fsp3) is 0.394. The summed E-state index contributed by atoms with van der Waals surface area (Å²) in [4.78, 5) is 20.9. The van der Waals surface area contributed by atoms with Gasteiger partial charge in [0.2, 0.25) is 5.91 Å². The van der Waals surface area contributed by atoms with Gasteiger partial charge in [-0.05, 0) is 73.3 Å². The van der Waals surface area contributed by atoms with Crippen molar-refractivity contribution in [1.82, 2.24) is 5.32 Å². The van der Waals surface area contributed by atoms with Crippen molar-refractivity contribution in [3.63, 3.8) is 0 Å². The van der Waals surface area contributed by atoms with E-state index in [1.54, 1.807) is 0 Å². The molecule has 0 spiro atoms. The summed E-state index contributed by atoms with van der Waals surface area (Å²) in [6.07, 6.45) is 0.457. The summed E-state index contributed by atoms with van der Waals surface area (Å²) >= 11 is 6.29. The van der Waals surface area contributed by atoms with E-state index >= 15 is 0 Å². The second kappa shape index (κ2) is 23.4. The van der Waals surface area contributed by atoms with Gasteiger partial charge in [-0.15, -0.1) is 0 Å². The first-order valence-corrected chi connectivity index (χ1v) is 16.2. The zero-order chi connectivity index (χ0) is 32.6. The van der Waals surface area contributed by atoms with Gasteiger partial charge < -0.3 is 21.9 Å². The summed E-state index contributed by atoms with van der Waals surface area (Å²) in [6.45, 7) is 0.625. The van der Waals surface area contributed by atoms with Gasteiger partial charge in [0.15, 0.2) is 0 Å². The third-order valence-electron chi connectivity index (χ3n) is 6.25. The number of hydrogen-bond donors (Lipinski definition) is 5. The Hall–Kier alpha value is -2.99. The number of nitrogens with one attached hydrogen (secondary N) is 1. The molecule has 0 unspecified atom stereocenters. The second-order valence-corrected chi connectivity index (χ2v) is 11.4. The van der Waals surface area contributed by atoms with Crippen LogP contribution in [0.15, 0.2) is 91.0 Å². The van der Waals surface area contributed by atoms with E-state index in [1.165, 1.54) is 41.0 Å². The Morgan fingerprint density at radius 2 is 1.20 bits per heavy atom. The highest BCUT2D eigenvalue weighted by Crippen LogP contribution is 2.13. The quantitative estimate of drug-likeness (QED) is 0.103. The number of benzene rings is 3. The van der Waals surface area contributed by atoms with E-state index in [0.29, 0.717) is 18.7 Å². The van der Waals surface area contributed by atoms with Crippen molar-refractivity contribution in [2.75, 3.05) is 23.8 Å². The molecule has 242 valence electrons. The fourth-order valence-corrected chi connectivity index (χ4v) is 4.99. The molecule has 0 aliphatic carbocycles. The molecule has 44 heavy (non-hydrogen) atoms. The number of aliphatic carboxylic acids is 1. The van der Waals surface area contributed by atoms with Gasteiger partial charge in [0.05, 0.1) is 6.04 Å². The number of carboxylic acid groups (broad SMARTS) is 1. The number of hydrogen-bond acceptors (Lipinski definition) is 6. The van der Waals surface area contributed by atoms with Crippen molar-refractivity contribution in [3.05, 3.63) is 108 Å². The topological polar surface area (TPSA) is 118 Å². The smallest absolute Gasteiger partial charge is 0.475 e. The maximum Gasteiger partial charge on any atom is 0.490 e. The summed E-state index contributed by atoms with van der Waals surface area (Å²) in [5.41, 5.74) is 15.5. The van der Waals surface area contributed by atoms with Crippen LogP contribution >= 0.6 is 24.4 Å². The summed E-state index contributed by atoms with van der Waals surface area (Å²) < 4.78 is 31.7. The summed E-state index contributed by atoms with van der Waals surface area (Å²) in [6, 6.07) is 31.1. The number of aryl methyl sites for hydroxylation is 3. The number of thioether (sulfide) groups is 1. The number of halogens is 3. The minimum atomic E-state index is -5.08. The summed E-state index contributed by atoms with van der Waals surface area (Å²) in [5.74, 6) is 0.190. The van der Waals surface area contributed by atoms with E-state index in [-0.39, 0.29) is 11.9 Å². The largest absolute Gasteiger partial charge is 0.490 e. The minimum Gasteiger partial charge on any atom is -0.475 e. The van der Waals surface area contributed by atoms with Crippen molar-refractivity contribution in [1.29, 1.82) is 0 Å². The molecular formula is C33H44F3N3O3S2. The second-order valence-electron chi connectivity index (χ2n) is 9.84. The van der Waals surface area contributed by atoms with Crippen molar-refractivity contribution in [3.8, 4) is 0 Å². The molecule has 0 aliphatic heterocycles. The molecule has 3 aromatic carbocycles. The van der Waals surface area contributed by atoms with Crippen LogP contribution in [0.4, 0.5) is 13.2 Å². The minimum absolute atomic E-state index is 0.0529. The first-order chi connectivity index (χ1) is 21.1. The van der Waals surface area contributed by atoms with E-state index in [0.717, 1.165) is 19.3 Å². The molecule has 6 N–H and O–H groups in total.